The SMILES string of the molecule is CC1=Cc2c(Cl)cc(F)cc2[CH]1. The van der Waals surface area contributed by atoms with Gasteiger partial charge in [0, 0.05) is 6.42 Å². The zero-order chi connectivity index (χ0) is 8.72. The van der Waals surface area contributed by atoms with E-state index in [1.807, 2.05) is 19.4 Å². The van der Waals surface area contributed by atoms with Crippen LogP contribution in [0, 0.1) is 12.2 Å². The molecule has 1 aliphatic carbocycles. The molecule has 0 aromatic heterocycles. The Morgan fingerprint density at radius 3 is 2.83 bits per heavy atom. The Morgan fingerprint density at radius 1 is 1.33 bits per heavy atom. The van der Waals surface area contributed by atoms with Crippen molar-refractivity contribution in [3.8, 4) is 0 Å². The molecular formula is C10H7ClF. The average molecular weight is 182 g/mol. The van der Waals surface area contributed by atoms with E-state index < -0.39 is 0 Å². The van der Waals surface area contributed by atoms with E-state index in [0.29, 0.717) is 5.02 Å². The van der Waals surface area contributed by atoms with Gasteiger partial charge in [0.25, 0.3) is 0 Å². The minimum absolute atomic E-state index is 0.280. The van der Waals surface area contributed by atoms with Crippen molar-refractivity contribution in [3.05, 3.63) is 46.1 Å². The van der Waals surface area contributed by atoms with E-state index in [1.54, 1.807) is 0 Å². The number of benzene rings is 1. The Morgan fingerprint density at radius 2 is 2.08 bits per heavy atom. The first-order valence-electron chi connectivity index (χ1n) is 3.69. The molecule has 1 aromatic carbocycles. The van der Waals surface area contributed by atoms with E-state index in [2.05, 4.69) is 0 Å². The molecule has 2 heteroatoms. The third-order valence-electron chi connectivity index (χ3n) is 1.88. The van der Waals surface area contributed by atoms with Crippen molar-refractivity contribution in [1.29, 1.82) is 0 Å². The summed E-state index contributed by atoms with van der Waals surface area (Å²) in [5.41, 5.74) is 2.91. The van der Waals surface area contributed by atoms with Crippen LogP contribution in [0.5, 0.6) is 0 Å². The van der Waals surface area contributed by atoms with E-state index >= 15 is 0 Å². The highest BCUT2D eigenvalue weighted by Crippen LogP contribution is 2.32. The highest BCUT2D eigenvalue weighted by Gasteiger charge is 2.14. The lowest BCUT2D eigenvalue weighted by Gasteiger charge is -2.00. The van der Waals surface area contributed by atoms with Crippen molar-refractivity contribution in [2.24, 2.45) is 0 Å². The standard InChI is InChI=1S/C10H7ClF/c1-6-2-7-4-8(12)5-10(11)9(7)3-6/h2-5H,1H3. The molecule has 0 aliphatic heterocycles. The van der Waals surface area contributed by atoms with Crippen LogP contribution in [-0.2, 0) is 0 Å². The van der Waals surface area contributed by atoms with Crippen molar-refractivity contribution in [3.63, 3.8) is 0 Å². The maximum atomic E-state index is 12.8. The van der Waals surface area contributed by atoms with Crippen LogP contribution in [0.15, 0.2) is 17.7 Å². The van der Waals surface area contributed by atoms with Crippen molar-refractivity contribution >= 4 is 17.7 Å². The minimum atomic E-state index is -0.280. The number of allylic oxidation sites excluding steroid dienone is 1. The van der Waals surface area contributed by atoms with Gasteiger partial charge in [-0.1, -0.05) is 23.3 Å². The minimum Gasteiger partial charge on any atom is -0.207 e. The van der Waals surface area contributed by atoms with Gasteiger partial charge in [-0.15, -0.1) is 0 Å². The second-order valence-corrected chi connectivity index (χ2v) is 3.33. The van der Waals surface area contributed by atoms with Gasteiger partial charge in [-0.05, 0) is 30.2 Å². The Hall–Kier alpha value is -0.820. The lowest BCUT2D eigenvalue weighted by molar-refractivity contribution is 0.627. The van der Waals surface area contributed by atoms with Gasteiger partial charge >= 0.3 is 0 Å². The largest absolute Gasteiger partial charge is 0.207 e. The van der Waals surface area contributed by atoms with Crippen molar-refractivity contribution in [2.75, 3.05) is 0 Å². The number of hydrogen-bond acceptors (Lipinski definition) is 0. The predicted octanol–water partition coefficient (Wildman–Crippen LogP) is 3.45. The van der Waals surface area contributed by atoms with Gasteiger partial charge in [-0.2, -0.15) is 0 Å². The van der Waals surface area contributed by atoms with Gasteiger partial charge in [0.2, 0.25) is 0 Å². The van der Waals surface area contributed by atoms with E-state index in [1.165, 1.54) is 12.1 Å². The number of halogens is 2. The Kier molecular flexibility index (Phi) is 1.69. The fourth-order valence-corrected chi connectivity index (χ4v) is 1.66. The van der Waals surface area contributed by atoms with Crippen LogP contribution >= 0.6 is 11.6 Å². The Balaban J connectivity index is 2.62. The third kappa shape index (κ3) is 1.14. The second kappa shape index (κ2) is 2.60. The zero-order valence-corrected chi connectivity index (χ0v) is 7.32. The molecule has 0 N–H and O–H groups in total. The van der Waals surface area contributed by atoms with Crippen LogP contribution in [0.25, 0.3) is 6.08 Å². The average Bonchev–Trinajstić information content (AvgIpc) is 2.29. The lowest BCUT2D eigenvalue weighted by atomic mass is 10.1. The molecule has 0 amide bonds. The fourth-order valence-electron chi connectivity index (χ4n) is 1.39. The molecule has 0 spiro atoms. The number of fused-ring (bicyclic) bond motifs is 1. The van der Waals surface area contributed by atoms with Gasteiger partial charge in [0.1, 0.15) is 5.82 Å². The number of rotatable bonds is 0. The second-order valence-electron chi connectivity index (χ2n) is 2.92. The molecule has 0 atom stereocenters. The monoisotopic (exact) mass is 181 g/mol. The van der Waals surface area contributed by atoms with E-state index in [9.17, 15) is 4.39 Å². The highest BCUT2D eigenvalue weighted by molar-refractivity contribution is 6.32. The molecule has 2 rings (SSSR count). The summed E-state index contributed by atoms with van der Waals surface area (Å²) >= 11 is 5.84. The molecule has 0 unspecified atom stereocenters. The van der Waals surface area contributed by atoms with Crippen LogP contribution in [0.4, 0.5) is 4.39 Å². The third-order valence-corrected chi connectivity index (χ3v) is 2.19. The first-order valence-corrected chi connectivity index (χ1v) is 4.07. The molecule has 0 fully saturated rings. The van der Waals surface area contributed by atoms with Crippen LogP contribution in [-0.4, -0.2) is 0 Å². The quantitative estimate of drug-likeness (QED) is 0.575. The number of hydrogen-bond donors (Lipinski definition) is 0. The summed E-state index contributed by atoms with van der Waals surface area (Å²) in [7, 11) is 0. The maximum absolute atomic E-state index is 12.8. The summed E-state index contributed by atoms with van der Waals surface area (Å²) in [6.45, 7) is 1.97. The fraction of sp³-hybridized carbons (Fsp3) is 0.100. The van der Waals surface area contributed by atoms with Gasteiger partial charge < -0.3 is 0 Å². The van der Waals surface area contributed by atoms with Crippen LogP contribution in [0.1, 0.15) is 18.1 Å². The van der Waals surface area contributed by atoms with E-state index in [0.717, 1.165) is 16.7 Å². The molecular weight excluding hydrogens is 175 g/mol. The van der Waals surface area contributed by atoms with Gasteiger partial charge in [-0.25, -0.2) is 4.39 Å². The predicted molar refractivity (Wildman–Crippen MR) is 48.5 cm³/mol. The summed E-state index contributed by atoms with van der Waals surface area (Å²) in [5, 5.41) is 0.484. The molecule has 1 aromatic rings. The van der Waals surface area contributed by atoms with Crippen LogP contribution in [0.2, 0.25) is 5.02 Å². The maximum Gasteiger partial charge on any atom is 0.125 e. The van der Waals surface area contributed by atoms with E-state index in [4.69, 9.17) is 11.6 Å². The molecule has 0 heterocycles. The highest BCUT2D eigenvalue weighted by atomic mass is 35.5. The summed E-state index contributed by atoms with van der Waals surface area (Å²) < 4.78 is 12.8. The van der Waals surface area contributed by atoms with E-state index in [-0.39, 0.29) is 5.82 Å². The summed E-state index contributed by atoms with van der Waals surface area (Å²) in [6, 6.07) is 2.83. The van der Waals surface area contributed by atoms with Crippen molar-refractivity contribution < 1.29 is 4.39 Å². The topological polar surface area (TPSA) is 0 Å². The summed E-state index contributed by atoms with van der Waals surface area (Å²) in [4.78, 5) is 0. The molecule has 0 nitrogen and oxygen atoms in total. The Bertz CT molecular complexity index is 366. The molecule has 0 saturated heterocycles. The smallest absolute Gasteiger partial charge is 0.125 e. The van der Waals surface area contributed by atoms with Crippen LogP contribution < -0.4 is 0 Å². The Labute approximate surface area is 75.7 Å². The molecule has 1 radical (unpaired) electrons. The molecule has 61 valence electrons. The van der Waals surface area contributed by atoms with Gasteiger partial charge in [0.05, 0.1) is 5.02 Å². The lowest BCUT2D eigenvalue weighted by Crippen LogP contribution is -1.84. The molecule has 1 aliphatic rings. The van der Waals surface area contributed by atoms with Gasteiger partial charge in [0.15, 0.2) is 0 Å². The molecule has 0 saturated carbocycles. The zero-order valence-electron chi connectivity index (χ0n) is 6.57. The first-order chi connectivity index (χ1) is 5.66. The van der Waals surface area contributed by atoms with Crippen molar-refractivity contribution in [2.45, 2.75) is 6.92 Å². The van der Waals surface area contributed by atoms with Crippen LogP contribution in [0.3, 0.4) is 0 Å². The molecule has 12 heavy (non-hydrogen) atoms. The molecule has 0 bridgehead atoms. The first kappa shape index (κ1) is 7.81. The van der Waals surface area contributed by atoms with Gasteiger partial charge in [-0.3, -0.25) is 0 Å². The summed E-state index contributed by atoms with van der Waals surface area (Å²) in [6.07, 6.45) is 3.88. The summed E-state index contributed by atoms with van der Waals surface area (Å²) in [5.74, 6) is -0.280. The normalized spacial score (nSPS) is 14.4. The van der Waals surface area contributed by atoms with Crippen molar-refractivity contribution in [1.82, 2.24) is 0 Å².